The van der Waals surface area contributed by atoms with Gasteiger partial charge >= 0.3 is 0 Å². The van der Waals surface area contributed by atoms with E-state index in [1.807, 2.05) is 0 Å². The van der Waals surface area contributed by atoms with Gasteiger partial charge in [-0.15, -0.1) is 0 Å². The summed E-state index contributed by atoms with van der Waals surface area (Å²) in [5, 5.41) is 10.7. The summed E-state index contributed by atoms with van der Waals surface area (Å²) >= 11 is 5.88. The molecule has 1 atom stereocenters. The summed E-state index contributed by atoms with van der Waals surface area (Å²) in [6, 6.07) is 4.97. The standard InChI is InChI=1S/C11H11ClO3S/c1-7(13)5-8-6-16(14,15)11-9(8)3-2-4-10(11)12/h2-4,6-7,13H,5H2,1H3. The van der Waals surface area contributed by atoms with E-state index < -0.39 is 15.9 Å². The van der Waals surface area contributed by atoms with Gasteiger partial charge in [0.15, 0.2) is 0 Å². The van der Waals surface area contributed by atoms with Gasteiger partial charge < -0.3 is 5.11 Å². The van der Waals surface area contributed by atoms with E-state index >= 15 is 0 Å². The lowest BCUT2D eigenvalue weighted by atomic mass is 10.0. The van der Waals surface area contributed by atoms with Crippen molar-refractivity contribution in [1.29, 1.82) is 0 Å². The number of hydrogen-bond donors (Lipinski definition) is 1. The van der Waals surface area contributed by atoms with Crippen LogP contribution < -0.4 is 0 Å². The fourth-order valence-corrected chi connectivity index (χ4v) is 3.90. The van der Waals surface area contributed by atoms with Gasteiger partial charge in [-0.05, 0) is 30.5 Å². The first kappa shape index (κ1) is 11.6. The molecule has 1 unspecified atom stereocenters. The highest BCUT2D eigenvalue weighted by molar-refractivity contribution is 7.95. The van der Waals surface area contributed by atoms with Crippen molar-refractivity contribution in [3.8, 4) is 0 Å². The molecule has 5 heteroatoms. The SMILES string of the molecule is CC(O)CC1=CS(=O)(=O)c2c(Cl)cccc21. The predicted octanol–water partition coefficient (Wildman–Crippen LogP) is 2.24. The number of sulfone groups is 1. The minimum atomic E-state index is -3.44. The van der Waals surface area contributed by atoms with E-state index in [0.717, 1.165) is 0 Å². The van der Waals surface area contributed by atoms with Crippen LogP contribution in [0.15, 0.2) is 28.5 Å². The van der Waals surface area contributed by atoms with Gasteiger partial charge in [0, 0.05) is 5.41 Å². The average Bonchev–Trinajstić information content (AvgIpc) is 2.38. The molecule has 0 saturated heterocycles. The summed E-state index contributed by atoms with van der Waals surface area (Å²) in [6.07, 6.45) is -0.265. The van der Waals surface area contributed by atoms with Crippen LogP contribution in [0.2, 0.25) is 5.02 Å². The molecule has 16 heavy (non-hydrogen) atoms. The van der Waals surface area contributed by atoms with Crippen LogP contribution in [0.4, 0.5) is 0 Å². The summed E-state index contributed by atoms with van der Waals surface area (Å²) in [5.74, 6) is 0. The lowest BCUT2D eigenvalue weighted by Crippen LogP contribution is -1.99. The molecule has 0 radical (unpaired) electrons. The fraction of sp³-hybridized carbons (Fsp3) is 0.273. The predicted molar refractivity (Wildman–Crippen MR) is 62.9 cm³/mol. The summed E-state index contributed by atoms with van der Waals surface area (Å²) < 4.78 is 23.6. The normalized spacial score (nSPS) is 19.1. The van der Waals surface area contributed by atoms with E-state index in [-0.39, 0.29) is 9.92 Å². The third-order valence-corrected chi connectivity index (χ3v) is 4.44. The molecule has 0 amide bonds. The third kappa shape index (κ3) is 1.88. The number of hydrogen-bond acceptors (Lipinski definition) is 3. The van der Waals surface area contributed by atoms with Gasteiger partial charge in [0.05, 0.1) is 16.0 Å². The first-order chi connectivity index (χ1) is 7.42. The molecule has 1 aliphatic rings. The number of rotatable bonds is 2. The van der Waals surface area contributed by atoms with Crippen LogP contribution in [0.1, 0.15) is 18.9 Å². The molecule has 1 N–H and O–H groups in total. The molecule has 1 heterocycles. The third-order valence-electron chi connectivity index (χ3n) is 2.41. The van der Waals surface area contributed by atoms with Crippen LogP contribution >= 0.6 is 11.6 Å². The van der Waals surface area contributed by atoms with Crippen molar-refractivity contribution in [3.63, 3.8) is 0 Å². The van der Waals surface area contributed by atoms with Crippen molar-refractivity contribution in [1.82, 2.24) is 0 Å². The van der Waals surface area contributed by atoms with Gasteiger partial charge in [-0.25, -0.2) is 8.42 Å². The van der Waals surface area contributed by atoms with Crippen molar-refractivity contribution in [2.75, 3.05) is 0 Å². The van der Waals surface area contributed by atoms with E-state index in [9.17, 15) is 13.5 Å². The van der Waals surface area contributed by atoms with E-state index in [2.05, 4.69) is 0 Å². The van der Waals surface area contributed by atoms with E-state index in [1.165, 1.54) is 5.41 Å². The van der Waals surface area contributed by atoms with Crippen LogP contribution in [0.25, 0.3) is 5.57 Å². The molecule has 3 nitrogen and oxygen atoms in total. The maximum atomic E-state index is 11.8. The van der Waals surface area contributed by atoms with Gasteiger partial charge in [-0.3, -0.25) is 0 Å². The maximum absolute atomic E-state index is 11.8. The highest BCUT2D eigenvalue weighted by atomic mass is 35.5. The van der Waals surface area contributed by atoms with Crippen LogP contribution in [0, 0.1) is 0 Å². The molecular formula is C11H11ClO3S. The molecule has 1 aliphatic heterocycles. The zero-order chi connectivity index (χ0) is 11.9. The Labute approximate surface area is 99.3 Å². The second-order valence-corrected chi connectivity index (χ2v) is 6.00. The Balaban J connectivity index is 2.61. The van der Waals surface area contributed by atoms with E-state index in [0.29, 0.717) is 17.6 Å². The molecule has 1 aromatic rings. The molecule has 86 valence electrons. The quantitative estimate of drug-likeness (QED) is 0.885. The van der Waals surface area contributed by atoms with Crippen molar-refractivity contribution >= 4 is 27.0 Å². The second-order valence-electron chi connectivity index (χ2n) is 3.86. The number of benzene rings is 1. The van der Waals surface area contributed by atoms with Crippen LogP contribution in [-0.4, -0.2) is 19.6 Å². The Morgan fingerprint density at radius 3 is 2.75 bits per heavy atom. The molecule has 0 aromatic heterocycles. The smallest absolute Gasteiger partial charge is 0.202 e. The van der Waals surface area contributed by atoms with Crippen LogP contribution in [0.5, 0.6) is 0 Å². The molecule has 1 aromatic carbocycles. The fourth-order valence-electron chi connectivity index (χ4n) is 1.84. The van der Waals surface area contributed by atoms with Gasteiger partial charge in [0.1, 0.15) is 0 Å². The topological polar surface area (TPSA) is 54.4 Å². The van der Waals surface area contributed by atoms with Gasteiger partial charge in [0.25, 0.3) is 0 Å². The molecule has 2 rings (SSSR count). The first-order valence-corrected chi connectivity index (χ1v) is 6.77. The van der Waals surface area contributed by atoms with E-state index in [4.69, 9.17) is 11.6 Å². The lowest BCUT2D eigenvalue weighted by Gasteiger charge is -2.06. The number of aliphatic hydroxyl groups excluding tert-OH is 1. The van der Waals surface area contributed by atoms with Crippen LogP contribution in [0.3, 0.4) is 0 Å². The maximum Gasteiger partial charge on any atom is 0.202 e. The Bertz CT molecular complexity index is 559. The van der Waals surface area contributed by atoms with Crippen molar-refractivity contribution in [2.24, 2.45) is 0 Å². The zero-order valence-corrected chi connectivity index (χ0v) is 10.2. The Morgan fingerprint density at radius 2 is 2.12 bits per heavy atom. The summed E-state index contributed by atoms with van der Waals surface area (Å²) in [4.78, 5) is 0.160. The Morgan fingerprint density at radius 1 is 1.44 bits per heavy atom. The monoisotopic (exact) mass is 258 g/mol. The zero-order valence-electron chi connectivity index (χ0n) is 8.64. The van der Waals surface area contributed by atoms with Crippen molar-refractivity contribution in [3.05, 3.63) is 34.2 Å². The number of fused-ring (bicyclic) bond motifs is 1. The molecule has 0 fully saturated rings. The number of halogens is 1. The van der Waals surface area contributed by atoms with Gasteiger partial charge in [0.2, 0.25) is 9.84 Å². The summed E-state index contributed by atoms with van der Waals surface area (Å²) in [7, 11) is -3.44. The molecule has 0 aliphatic carbocycles. The van der Waals surface area contributed by atoms with Crippen molar-refractivity contribution in [2.45, 2.75) is 24.3 Å². The Hall–Kier alpha value is -0.840. The van der Waals surface area contributed by atoms with Crippen LogP contribution in [-0.2, 0) is 9.84 Å². The van der Waals surface area contributed by atoms with E-state index in [1.54, 1.807) is 25.1 Å². The summed E-state index contributed by atoms with van der Waals surface area (Å²) in [6.45, 7) is 1.62. The number of aliphatic hydroxyl groups is 1. The largest absolute Gasteiger partial charge is 0.393 e. The van der Waals surface area contributed by atoms with Crippen molar-refractivity contribution < 1.29 is 13.5 Å². The van der Waals surface area contributed by atoms with Gasteiger partial charge in [-0.2, -0.15) is 0 Å². The lowest BCUT2D eigenvalue weighted by molar-refractivity contribution is 0.201. The van der Waals surface area contributed by atoms with Gasteiger partial charge in [-0.1, -0.05) is 23.7 Å². The molecule has 0 bridgehead atoms. The molecule has 0 saturated carbocycles. The highest BCUT2D eigenvalue weighted by Crippen LogP contribution is 2.39. The molecule has 0 spiro atoms. The minimum absolute atomic E-state index is 0.160. The minimum Gasteiger partial charge on any atom is -0.393 e. The highest BCUT2D eigenvalue weighted by Gasteiger charge is 2.29. The first-order valence-electron chi connectivity index (χ1n) is 4.84. The summed E-state index contributed by atoms with van der Waals surface area (Å²) in [5.41, 5.74) is 1.22. The average molecular weight is 259 g/mol. The second kappa shape index (κ2) is 3.87. The molecular weight excluding hydrogens is 248 g/mol. The Kier molecular flexibility index (Phi) is 2.82.